The van der Waals surface area contributed by atoms with Crippen molar-refractivity contribution < 1.29 is 23.9 Å². The fourth-order valence-electron chi connectivity index (χ4n) is 1.95. The van der Waals surface area contributed by atoms with E-state index in [2.05, 4.69) is 10.6 Å². The predicted molar refractivity (Wildman–Crippen MR) is 82.1 cm³/mol. The monoisotopic (exact) mass is 324 g/mol. The van der Waals surface area contributed by atoms with E-state index in [1.165, 1.54) is 19.1 Å². The summed E-state index contributed by atoms with van der Waals surface area (Å²) in [6.07, 6.45) is 0.643. The molecule has 126 valence electrons. The van der Waals surface area contributed by atoms with Crippen LogP contribution in [-0.2, 0) is 19.9 Å². The summed E-state index contributed by atoms with van der Waals surface area (Å²) in [6.45, 7) is 3.76. The van der Waals surface area contributed by atoms with Crippen LogP contribution in [0.15, 0.2) is 24.3 Å². The lowest BCUT2D eigenvalue weighted by Gasteiger charge is -2.26. The molecule has 0 aliphatic heterocycles. The number of carboxylic acid groups (broad SMARTS) is 1. The number of hydrogen-bond acceptors (Lipinski definition) is 3. The van der Waals surface area contributed by atoms with E-state index >= 15 is 0 Å². The number of carboxylic acids is 1. The van der Waals surface area contributed by atoms with Gasteiger partial charge in [0, 0.05) is 19.4 Å². The Hall–Kier alpha value is -2.44. The van der Waals surface area contributed by atoms with Crippen molar-refractivity contribution in [3.63, 3.8) is 0 Å². The number of rotatable bonds is 8. The van der Waals surface area contributed by atoms with E-state index in [9.17, 15) is 23.9 Å². The Balaban J connectivity index is 2.72. The lowest BCUT2D eigenvalue weighted by molar-refractivity contribution is -0.147. The average Bonchev–Trinajstić information content (AvgIpc) is 2.51. The van der Waals surface area contributed by atoms with E-state index in [0.29, 0.717) is 6.54 Å². The van der Waals surface area contributed by atoms with Crippen LogP contribution in [0.4, 0.5) is 4.39 Å². The van der Waals surface area contributed by atoms with Gasteiger partial charge in [0.15, 0.2) is 5.54 Å². The summed E-state index contributed by atoms with van der Waals surface area (Å²) in [5, 5.41) is 14.4. The molecule has 0 heterocycles. The Morgan fingerprint density at radius 1 is 1.13 bits per heavy atom. The lowest BCUT2D eigenvalue weighted by Crippen LogP contribution is -2.49. The molecular weight excluding hydrogens is 303 g/mol. The molecule has 0 spiro atoms. The van der Waals surface area contributed by atoms with Crippen LogP contribution >= 0.6 is 0 Å². The second kappa shape index (κ2) is 8.26. The van der Waals surface area contributed by atoms with Gasteiger partial charge in [-0.1, -0.05) is 19.1 Å². The van der Waals surface area contributed by atoms with Crippen LogP contribution in [-0.4, -0.2) is 29.4 Å². The first kappa shape index (κ1) is 18.6. The van der Waals surface area contributed by atoms with E-state index in [4.69, 9.17) is 0 Å². The molecule has 1 unspecified atom stereocenters. The molecule has 2 amide bonds. The van der Waals surface area contributed by atoms with Crippen LogP contribution in [0.5, 0.6) is 0 Å². The molecule has 0 saturated heterocycles. The van der Waals surface area contributed by atoms with Crippen LogP contribution in [0.25, 0.3) is 0 Å². The van der Waals surface area contributed by atoms with Gasteiger partial charge in [-0.05, 0) is 31.0 Å². The van der Waals surface area contributed by atoms with Crippen LogP contribution in [0.2, 0.25) is 0 Å². The van der Waals surface area contributed by atoms with E-state index in [1.54, 1.807) is 0 Å². The van der Waals surface area contributed by atoms with E-state index in [0.717, 1.165) is 18.6 Å². The molecule has 3 N–H and O–H groups in total. The number of halogens is 1. The third-order valence-electron chi connectivity index (χ3n) is 3.39. The molecule has 23 heavy (non-hydrogen) atoms. The highest BCUT2D eigenvalue weighted by Gasteiger charge is 2.36. The van der Waals surface area contributed by atoms with Crippen molar-refractivity contribution in [2.24, 2.45) is 0 Å². The molecule has 0 bridgehead atoms. The Kier molecular flexibility index (Phi) is 6.68. The zero-order chi connectivity index (χ0) is 17.5. The molecule has 0 aliphatic rings. The first-order chi connectivity index (χ1) is 10.8. The van der Waals surface area contributed by atoms with E-state index in [1.807, 2.05) is 6.92 Å². The zero-order valence-corrected chi connectivity index (χ0v) is 13.2. The molecule has 1 atom stereocenters. The molecule has 0 aromatic heterocycles. The van der Waals surface area contributed by atoms with Gasteiger partial charge in [-0.3, -0.25) is 9.59 Å². The van der Waals surface area contributed by atoms with Gasteiger partial charge < -0.3 is 15.7 Å². The van der Waals surface area contributed by atoms with Crippen molar-refractivity contribution in [1.82, 2.24) is 10.6 Å². The average molecular weight is 324 g/mol. The first-order valence-electron chi connectivity index (χ1n) is 7.36. The molecule has 0 fully saturated rings. The number of carbonyl (C=O) groups excluding carboxylic acids is 2. The van der Waals surface area contributed by atoms with Crippen LogP contribution < -0.4 is 10.6 Å². The summed E-state index contributed by atoms with van der Waals surface area (Å²) in [4.78, 5) is 35.0. The maximum Gasteiger partial charge on any atom is 0.333 e. The fourth-order valence-corrected chi connectivity index (χ4v) is 1.95. The number of aliphatic carboxylic acids is 1. The largest absolute Gasteiger partial charge is 0.479 e. The highest BCUT2D eigenvalue weighted by atomic mass is 19.1. The fraction of sp³-hybridized carbons (Fsp3) is 0.438. The van der Waals surface area contributed by atoms with E-state index < -0.39 is 23.2 Å². The molecule has 1 aromatic carbocycles. The van der Waals surface area contributed by atoms with Crippen molar-refractivity contribution in [1.29, 1.82) is 0 Å². The molecule has 0 aliphatic carbocycles. The number of benzene rings is 1. The minimum Gasteiger partial charge on any atom is -0.479 e. The Morgan fingerprint density at radius 3 is 2.22 bits per heavy atom. The van der Waals surface area contributed by atoms with Gasteiger partial charge in [0.1, 0.15) is 5.82 Å². The summed E-state index contributed by atoms with van der Waals surface area (Å²) in [5.74, 6) is -2.60. The van der Waals surface area contributed by atoms with Gasteiger partial charge in [-0.15, -0.1) is 0 Å². The van der Waals surface area contributed by atoms with Gasteiger partial charge in [-0.2, -0.15) is 0 Å². The highest BCUT2D eigenvalue weighted by molar-refractivity contribution is 5.89. The van der Waals surface area contributed by atoms with Gasteiger partial charge in [0.05, 0.1) is 0 Å². The number of carbonyl (C=O) groups is 3. The Morgan fingerprint density at radius 2 is 1.70 bits per heavy atom. The third-order valence-corrected chi connectivity index (χ3v) is 3.39. The molecule has 0 saturated carbocycles. The number of hydrogen-bond donors (Lipinski definition) is 3. The summed E-state index contributed by atoms with van der Waals surface area (Å²) < 4.78 is 13.0. The van der Waals surface area contributed by atoms with Crippen molar-refractivity contribution in [2.45, 2.75) is 38.6 Å². The first-order valence-corrected chi connectivity index (χ1v) is 7.36. The number of nitrogens with one attached hydrogen (secondary N) is 2. The summed E-state index contributed by atoms with van der Waals surface area (Å²) in [6, 6.07) is 4.86. The van der Waals surface area contributed by atoms with E-state index in [-0.39, 0.29) is 24.3 Å². The van der Waals surface area contributed by atoms with Gasteiger partial charge in [0.2, 0.25) is 11.8 Å². The van der Waals surface area contributed by atoms with Gasteiger partial charge in [-0.25, -0.2) is 9.18 Å². The number of amides is 2. The lowest BCUT2D eigenvalue weighted by atomic mass is 9.91. The van der Waals surface area contributed by atoms with Gasteiger partial charge >= 0.3 is 5.97 Å². The van der Waals surface area contributed by atoms with Gasteiger partial charge in [0.25, 0.3) is 0 Å². The molecular formula is C16H21FN2O4. The summed E-state index contributed by atoms with van der Waals surface area (Å²) >= 11 is 0. The van der Waals surface area contributed by atoms with Crippen molar-refractivity contribution >= 4 is 17.8 Å². The van der Waals surface area contributed by atoms with Crippen LogP contribution in [0.1, 0.15) is 38.7 Å². The van der Waals surface area contributed by atoms with Crippen molar-refractivity contribution in [3.05, 3.63) is 35.6 Å². The molecule has 0 radical (unpaired) electrons. The maximum absolute atomic E-state index is 13.0. The molecule has 1 rings (SSSR count). The molecule has 7 heteroatoms. The Bertz CT molecular complexity index is 574. The van der Waals surface area contributed by atoms with Crippen LogP contribution in [0.3, 0.4) is 0 Å². The SMILES string of the molecule is CCCNC(=O)CCC(=O)NC(C)(C(=O)O)c1ccc(F)cc1. The minimum absolute atomic E-state index is 0.0229. The summed E-state index contributed by atoms with van der Waals surface area (Å²) in [7, 11) is 0. The second-order valence-electron chi connectivity index (χ2n) is 5.34. The standard InChI is InChI=1S/C16H21FN2O4/c1-3-10-18-13(20)8-9-14(21)19-16(2,15(22)23)11-4-6-12(17)7-5-11/h4-7H,3,8-10H2,1-2H3,(H,18,20)(H,19,21)(H,22,23). The maximum atomic E-state index is 13.0. The quantitative estimate of drug-likeness (QED) is 0.676. The minimum atomic E-state index is -1.69. The van der Waals surface area contributed by atoms with Crippen molar-refractivity contribution in [2.75, 3.05) is 6.54 Å². The predicted octanol–water partition coefficient (Wildman–Crippen LogP) is 1.55. The highest BCUT2D eigenvalue weighted by Crippen LogP contribution is 2.22. The molecule has 1 aromatic rings. The summed E-state index contributed by atoms with van der Waals surface area (Å²) in [5.41, 5.74) is -1.44. The Labute approximate surface area is 134 Å². The molecule has 6 nitrogen and oxygen atoms in total. The third kappa shape index (κ3) is 5.36. The normalized spacial score (nSPS) is 13.0. The van der Waals surface area contributed by atoms with Crippen LogP contribution in [0, 0.1) is 5.82 Å². The second-order valence-corrected chi connectivity index (χ2v) is 5.34. The topological polar surface area (TPSA) is 95.5 Å². The van der Waals surface area contributed by atoms with Crippen molar-refractivity contribution in [3.8, 4) is 0 Å². The zero-order valence-electron chi connectivity index (χ0n) is 13.2. The smallest absolute Gasteiger partial charge is 0.333 e.